The highest BCUT2D eigenvalue weighted by Crippen LogP contribution is 2.35. The molecule has 0 amide bonds. The fraction of sp³-hybridized carbons (Fsp3) is 0.294. The summed E-state index contributed by atoms with van der Waals surface area (Å²) in [4.78, 5) is 0. The molecule has 0 aliphatic heterocycles. The Morgan fingerprint density at radius 3 is 2.25 bits per heavy atom. The van der Waals surface area contributed by atoms with Crippen molar-refractivity contribution in [2.45, 2.75) is 18.4 Å². The van der Waals surface area contributed by atoms with E-state index in [0.717, 1.165) is 24.3 Å². The molecule has 3 nitrogen and oxygen atoms in total. The molecule has 0 atom stereocenters. The Morgan fingerprint density at radius 2 is 1.65 bits per heavy atom. The molecule has 104 valence electrons. The molecule has 2 N–H and O–H groups in total. The van der Waals surface area contributed by atoms with E-state index in [2.05, 4.69) is 29.6 Å². The number of nitrogens with one attached hydrogen (secondary N) is 1. The van der Waals surface area contributed by atoms with E-state index >= 15 is 0 Å². The largest absolute Gasteiger partial charge is 0.495 e. The summed E-state index contributed by atoms with van der Waals surface area (Å²) in [7, 11) is 1.66. The van der Waals surface area contributed by atoms with Crippen LogP contribution in [-0.2, 0) is 12.8 Å². The van der Waals surface area contributed by atoms with Crippen LogP contribution in [0.3, 0.4) is 0 Å². The lowest BCUT2D eigenvalue weighted by Crippen LogP contribution is -2.43. The topological polar surface area (TPSA) is 41.5 Å². The van der Waals surface area contributed by atoms with Crippen molar-refractivity contribution in [1.82, 2.24) is 0 Å². The average Bonchev–Trinajstić information content (AvgIpc) is 2.86. The summed E-state index contributed by atoms with van der Waals surface area (Å²) in [5.74, 6) is 0.802. The van der Waals surface area contributed by atoms with Crippen molar-refractivity contribution in [3.63, 3.8) is 0 Å². The van der Waals surface area contributed by atoms with Crippen molar-refractivity contribution in [2.24, 2.45) is 0 Å². The first-order valence-corrected chi connectivity index (χ1v) is 6.85. The van der Waals surface area contributed by atoms with E-state index in [4.69, 9.17) is 4.74 Å². The van der Waals surface area contributed by atoms with Gasteiger partial charge in [-0.05, 0) is 36.1 Å². The number of ether oxygens (including phenoxy) is 1. The summed E-state index contributed by atoms with van der Waals surface area (Å²) >= 11 is 0. The van der Waals surface area contributed by atoms with Gasteiger partial charge in [0.1, 0.15) is 5.75 Å². The highest BCUT2D eigenvalue weighted by Gasteiger charge is 2.37. The minimum Gasteiger partial charge on any atom is -0.495 e. The molecule has 0 saturated heterocycles. The second kappa shape index (κ2) is 5.17. The maximum absolute atomic E-state index is 9.91. The van der Waals surface area contributed by atoms with E-state index in [9.17, 15) is 5.11 Å². The van der Waals surface area contributed by atoms with E-state index in [-0.39, 0.29) is 12.1 Å². The molecule has 3 heteroatoms. The van der Waals surface area contributed by atoms with Gasteiger partial charge in [0.05, 0.1) is 24.9 Å². The molecule has 0 bridgehead atoms. The van der Waals surface area contributed by atoms with Crippen LogP contribution in [0.5, 0.6) is 5.75 Å². The minimum absolute atomic E-state index is 0.0970. The third kappa shape index (κ3) is 2.25. The molecule has 3 rings (SSSR count). The van der Waals surface area contributed by atoms with Gasteiger partial charge in [-0.25, -0.2) is 0 Å². The van der Waals surface area contributed by atoms with Gasteiger partial charge < -0.3 is 15.2 Å². The molecule has 1 aliphatic carbocycles. The zero-order valence-corrected chi connectivity index (χ0v) is 11.6. The van der Waals surface area contributed by atoms with Crippen molar-refractivity contribution < 1.29 is 9.84 Å². The molecular formula is C17H19NO2. The van der Waals surface area contributed by atoms with Crippen molar-refractivity contribution >= 4 is 5.69 Å². The molecule has 20 heavy (non-hydrogen) atoms. The normalized spacial score (nSPS) is 15.7. The zero-order chi connectivity index (χ0) is 14.0. The molecule has 0 radical (unpaired) electrons. The van der Waals surface area contributed by atoms with Crippen molar-refractivity contribution in [1.29, 1.82) is 0 Å². The van der Waals surface area contributed by atoms with Crippen LogP contribution in [0.2, 0.25) is 0 Å². The number of hydrogen-bond acceptors (Lipinski definition) is 3. The average molecular weight is 269 g/mol. The Balaban J connectivity index is 1.89. The molecule has 2 aromatic rings. The number of hydrogen-bond donors (Lipinski definition) is 2. The van der Waals surface area contributed by atoms with Gasteiger partial charge in [-0.15, -0.1) is 0 Å². The van der Waals surface area contributed by atoms with E-state index in [0.29, 0.717) is 0 Å². The molecular weight excluding hydrogens is 250 g/mol. The number of benzene rings is 2. The van der Waals surface area contributed by atoms with E-state index in [1.54, 1.807) is 7.11 Å². The minimum atomic E-state index is -0.335. The maximum Gasteiger partial charge on any atom is 0.141 e. The number of aliphatic hydroxyl groups is 1. The second-order valence-electron chi connectivity index (χ2n) is 5.39. The quantitative estimate of drug-likeness (QED) is 0.896. The van der Waals surface area contributed by atoms with Crippen LogP contribution in [0.15, 0.2) is 48.5 Å². The Labute approximate surface area is 119 Å². The van der Waals surface area contributed by atoms with Gasteiger partial charge in [0, 0.05) is 0 Å². The van der Waals surface area contributed by atoms with Crippen molar-refractivity contribution in [3.05, 3.63) is 59.7 Å². The predicted octanol–water partition coefficient (Wildman–Crippen LogP) is 2.64. The monoisotopic (exact) mass is 269 g/mol. The van der Waals surface area contributed by atoms with E-state index in [1.807, 2.05) is 24.3 Å². The first kappa shape index (κ1) is 13.0. The predicted molar refractivity (Wildman–Crippen MR) is 80.3 cm³/mol. The molecule has 2 aromatic carbocycles. The highest BCUT2D eigenvalue weighted by molar-refractivity contribution is 5.59. The third-order valence-electron chi connectivity index (χ3n) is 3.99. The van der Waals surface area contributed by atoms with Crippen molar-refractivity contribution in [2.75, 3.05) is 19.0 Å². The van der Waals surface area contributed by atoms with Crippen LogP contribution < -0.4 is 10.1 Å². The van der Waals surface area contributed by atoms with Crippen LogP contribution >= 0.6 is 0 Å². The zero-order valence-electron chi connectivity index (χ0n) is 11.6. The molecule has 0 fully saturated rings. The van der Waals surface area contributed by atoms with Gasteiger partial charge >= 0.3 is 0 Å². The number of rotatable bonds is 4. The van der Waals surface area contributed by atoms with Crippen LogP contribution in [-0.4, -0.2) is 24.4 Å². The summed E-state index contributed by atoms with van der Waals surface area (Å²) in [6, 6.07) is 16.2. The first-order valence-electron chi connectivity index (χ1n) is 6.85. The number of anilines is 1. The van der Waals surface area contributed by atoms with Gasteiger partial charge in [-0.1, -0.05) is 36.4 Å². The maximum atomic E-state index is 9.91. The summed E-state index contributed by atoms with van der Waals surface area (Å²) in [6.45, 7) is 0.0970. The molecule has 0 saturated carbocycles. The summed E-state index contributed by atoms with van der Waals surface area (Å²) < 4.78 is 5.38. The lowest BCUT2D eigenvalue weighted by atomic mass is 9.96. The van der Waals surface area contributed by atoms with Gasteiger partial charge in [0.15, 0.2) is 0 Å². The van der Waals surface area contributed by atoms with Gasteiger partial charge in [-0.2, -0.15) is 0 Å². The molecule has 0 spiro atoms. The first-order chi connectivity index (χ1) is 9.76. The Kier molecular flexibility index (Phi) is 3.36. The Morgan fingerprint density at radius 1 is 1.05 bits per heavy atom. The van der Waals surface area contributed by atoms with Gasteiger partial charge in [0.2, 0.25) is 0 Å². The smallest absolute Gasteiger partial charge is 0.141 e. The third-order valence-corrected chi connectivity index (χ3v) is 3.99. The van der Waals surface area contributed by atoms with Crippen LogP contribution in [0, 0.1) is 0 Å². The van der Waals surface area contributed by atoms with Crippen LogP contribution in [0.4, 0.5) is 5.69 Å². The van der Waals surface area contributed by atoms with Gasteiger partial charge in [-0.3, -0.25) is 0 Å². The fourth-order valence-corrected chi connectivity index (χ4v) is 2.97. The Hall–Kier alpha value is -2.00. The summed E-state index contributed by atoms with van der Waals surface area (Å²) in [5, 5.41) is 13.4. The second-order valence-corrected chi connectivity index (χ2v) is 5.39. The molecule has 1 aliphatic rings. The summed E-state index contributed by atoms with van der Waals surface area (Å²) in [5.41, 5.74) is 3.21. The fourth-order valence-electron chi connectivity index (χ4n) is 2.97. The van der Waals surface area contributed by atoms with Crippen LogP contribution in [0.1, 0.15) is 11.1 Å². The van der Waals surface area contributed by atoms with Crippen LogP contribution in [0.25, 0.3) is 0 Å². The lowest BCUT2D eigenvalue weighted by Gasteiger charge is -2.30. The number of fused-ring (bicyclic) bond motifs is 1. The Bertz CT molecular complexity index is 584. The SMILES string of the molecule is COc1ccccc1NC1(CO)Cc2ccccc2C1. The van der Waals surface area contributed by atoms with Gasteiger partial charge in [0.25, 0.3) is 0 Å². The number of para-hydroxylation sites is 2. The standard InChI is InChI=1S/C17H19NO2/c1-20-16-9-5-4-8-15(16)18-17(12-19)10-13-6-2-3-7-14(13)11-17/h2-9,18-19H,10-12H2,1H3. The summed E-state index contributed by atoms with van der Waals surface area (Å²) in [6.07, 6.45) is 1.66. The lowest BCUT2D eigenvalue weighted by molar-refractivity contribution is 0.216. The van der Waals surface area contributed by atoms with E-state index < -0.39 is 0 Å². The number of aliphatic hydroxyl groups excluding tert-OH is 1. The molecule has 0 heterocycles. The number of methoxy groups -OCH3 is 1. The van der Waals surface area contributed by atoms with Crippen molar-refractivity contribution in [3.8, 4) is 5.75 Å². The molecule has 0 aromatic heterocycles. The highest BCUT2D eigenvalue weighted by atomic mass is 16.5. The van der Waals surface area contributed by atoms with E-state index in [1.165, 1.54) is 11.1 Å². The molecule has 0 unspecified atom stereocenters.